The molecule has 0 atom stereocenters. The maximum absolute atomic E-state index is 6.12. The van der Waals surface area contributed by atoms with Crippen molar-refractivity contribution >= 4 is 22.8 Å². The van der Waals surface area contributed by atoms with Crippen molar-refractivity contribution in [1.82, 2.24) is 19.5 Å². The summed E-state index contributed by atoms with van der Waals surface area (Å²) in [4.78, 5) is 12.9. The normalized spacial score (nSPS) is 11.5. The quantitative estimate of drug-likeness (QED) is 0.737. The van der Waals surface area contributed by atoms with Gasteiger partial charge in [0.05, 0.1) is 6.33 Å². The maximum Gasteiger partial charge on any atom is 0.182 e. The van der Waals surface area contributed by atoms with E-state index in [1.807, 2.05) is 25.3 Å². The van der Waals surface area contributed by atoms with Crippen molar-refractivity contribution < 1.29 is 0 Å². The van der Waals surface area contributed by atoms with E-state index in [9.17, 15) is 0 Å². The van der Waals surface area contributed by atoms with E-state index in [1.165, 1.54) is 0 Å². The number of hydrogen-bond acceptors (Lipinski definition) is 3. The van der Waals surface area contributed by atoms with Crippen LogP contribution in [0.5, 0.6) is 0 Å². The number of rotatable bonds is 2. The Kier molecular flexibility index (Phi) is 2.61. The molecule has 80 valence electrons. The van der Waals surface area contributed by atoms with E-state index in [-0.39, 0.29) is 5.92 Å². The van der Waals surface area contributed by atoms with Crippen molar-refractivity contribution in [1.29, 1.82) is 0 Å². The topological polar surface area (TPSA) is 43.6 Å². The fourth-order valence-corrected chi connectivity index (χ4v) is 1.73. The monoisotopic (exact) mass is 224 g/mol. The molecule has 0 radical (unpaired) electrons. The Balaban J connectivity index is 2.69. The lowest BCUT2D eigenvalue weighted by molar-refractivity contribution is 0.771. The molecule has 0 unspecified atom stereocenters. The molecule has 4 nitrogen and oxygen atoms in total. The predicted octanol–water partition coefficient (Wildman–Crippen LogP) is 2.62. The summed E-state index contributed by atoms with van der Waals surface area (Å²) < 4.78 is 1.95. The molecule has 0 aliphatic carbocycles. The minimum absolute atomic E-state index is 0.263. The van der Waals surface area contributed by atoms with Gasteiger partial charge in [-0.2, -0.15) is 0 Å². The molecule has 0 amide bonds. The van der Waals surface area contributed by atoms with E-state index < -0.39 is 0 Å². The third-order valence-corrected chi connectivity index (χ3v) is 2.57. The minimum atomic E-state index is 0.263. The van der Waals surface area contributed by atoms with Crippen LogP contribution < -0.4 is 0 Å². The zero-order valence-electron chi connectivity index (χ0n) is 9.03. The Labute approximate surface area is 93.3 Å². The first-order valence-corrected chi connectivity index (χ1v) is 5.39. The first-order valence-electron chi connectivity index (χ1n) is 5.01. The Morgan fingerprint density at radius 2 is 2.13 bits per heavy atom. The van der Waals surface area contributed by atoms with Crippen LogP contribution >= 0.6 is 11.6 Å². The first kappa shape index (κ1) is 10.4. The molecule has 0 aliphatic rings. The summed E-state index contributed by atoms with van der Waals surface area (Å²) in [5.41, 5.74) is 1.50. The first-order chi connectivity index (χ1) is 7.13. The van der Waals surface area contributed by atoms with Gasteiger partial charge in [-0.1, -0.05) is 25.4 Å². The van der Waals surface area contributed by atoms with Crippen LogP contribution in [0, 0.1) is 0 Å². The summed E-state index contributed by atoms with van der Waals surface area (Å²) in [6, 6.07) is 0. The molecule has 0 N–H and O–H groups in total. The summed E-state index contributed by atoms with van der Waals surface area (Å²) in [5.74, 6) is 1.01. The van der Waals surface area contributed by atoms with Gasteiger partial charge in [-0.15, -0.1) is 0 Å². The van der Waals surface area contributed by atoms with Gasteiger partial charge in [-0.3, -0.25) is 0 Å². The summed E-state index contributed by atoms with van der Waals surface area (Å²) >= 11 is 6.12. The third-order valence-electron chi connectivity index (χ3n) is 2.30. The molecule has 0 saturated heterocycles. The highest BCUT2D eigenvalue weighted by atomic mass is 35.5. The molecule has 0 spiro atoms. The van der Waals surface area contributed by atoms with Gasteiger partial charge in [-0.05, 0) is 6.92 Å². The van der Waals surface area contributed by atoms with Crippen LogP contribution in [-0.4, -0.2) is 19.5 Å². The van der Waals surface area contributed by atoms with Crippen LogP contribution in [0.15, 0.2) is 6.33 Å². The van der Waals surface area contributed by atoms with Gasteiger partial charge in [0.1, 0.15) is 11.3 Å². The molecule has 2 aromatic rings. The number of fused-ring (bicyclic) bond motifs is 1. The second-order valence-corrected chi connectivity index (χ2v) is 4.09. The largest absolute Gasteiger partial charge is 0.327 e. The Hall–Kier alpha value is -1.16. The summed E-state index contributed by atoms with van der Waals surface area (Å²) in [7, 11) is 0. The second-order valence-electron chi connectivity index (χ2n) is 3.73. The van der Waals surface area contributed by atoms with E-state index in [0.29, 0.717) is 10.8 Å². The molecule has 2 rings (SSSR count). The summed E-state index contributed by atoms with van der Waals surface area (Å²) in [6.45, 7) is 6.93. The fourth-order valence-electron chi connectivity index (χ4n) is 1.45. The predicted molar refractivity (Wildman–Crippen MR) is 60.1 cm³/mol. The van der Waals surface area contributed by atoms with Gasteiger partial charge in [0, 0.05) is 12.5 Å². The molecule has 0 saturated carbocycles. The highest BCUT2D eigenvalue weighted by molar-refractivity contribution is 6.33. The van der Waals surface area contributed by atoms with E-state index in [0.717, 1.165) is 17.9 Å². The fraction of sp³-hybridized carbons (Fsp3) is 0.500. The standard InChI is InChI=1S/C10H13ClN4/c1-4-15-5-12-10-7(15)8(11)13-9(14-10)6(2)3/h5-6H,4H2,1-3H3. The lowest BCUT2D eigenvalue weighted by Gasteiger charge is -2.05. The van der Waals surface area contributed by atoms with Crippen LogP contribution in [0.1, 0.15) is 32.5 Å². The number of imidazole rings is 1. The zero-order chi connectivity index (χ0) is 11.0. The Morgan fingerprint density at radius 1 is 1.40 bits per heavy atom. The Bertz CT molecular complexity index is 489. The third kappa shape index (κ3) is 1.69. The van der Waals surface area contributed by atoms with Gasteiger partial charge in [0.25, 0.3) is 0 Å². The molecule has 15 heavy (non-hydrogen) atoms. The second kappa shape index (κ2) is 3.77. The van der Waals surface area contributed by atoms with E-state index >= 15 is 0 Å². The molecule has 0 fully saturated rings. The average molecular weight is 225 g/mol. The molecule has 2 heterocycles. The molecule has 5 heteroatoms. The number of nitrogens with zero attached hydrogens (tertiary/aromatic N) is 4. The van der Waals surface area contributed by atoms with Gasteiger partial charge < -0.3 is 4.57 Å². The lowest BCUT2D eigenvalue weighted by Crippen LogP contribution is -2.00. The summed E-state index contributed by atoms with van der Waals surface area (Å²) in [5, 5.41) is 0.489. The van der Waals surface area contributed by atoms with Crippen molar-refractivity contribution in [2.45, 2.75) is 33.2 Å². The van der Waals surface area contributed by atoms with Crippen molar-refractivity contribution in [3.63, 3.8) is 0 Å². The van der Waals surface area contributed by atoms with Crippen molar-refractivity contribution in [3.05, 3.63) is 17.3 Å². The number of halogens is 1. The summed E-state index contributed by atoms with van der Waals surface area (Å²) in [6.07, 6.45) is 1.75. The molecular formula is C10H13ClN4. The van der Waals surface area contributed by atoms with Crippen LogP contribution in [-0.2, 0) is 6.54 Å². The van der Waals surface area contributed by atoms with E-state index in [1.54, 1.807) is 6.33 Å². The van der Waals surface area contributed by atoms with Crippen LogP contribution in [0.4, 0.5) is 0 Å². The van der Waals surface area contributed by atoms with Crippen LogP contribution in [0.25, 0.3) is 11.2 Å². The zero-order valence-corrected chi connectivity index (χ0v) is 9.78. The molecule has 2 aromatic heterocycles. The molecule has 0 aliphatic heterocycles. The maximum atomic E-state index is 6.12. The minimum Gasteiger partial charge on any atom is -0.327 e. The van der Waals surface area contributed by atoms with Crippen molar-refractivity contribution in [2.24, 2.45) is 0 Å². The van der Waals surface area contributed by atoms with E-state index in [2.05, 4.69) is 15.0 Å². The average Bonchev–Trinajstić information content (AvgIpc) is 2.60. The highest BCUT2D eigenvalue weighted by Gasteiger charge is 2.12. The smallest absolute Gasteiger partial charge is 0.182 e. The van der Waals surface area contributed by atoms with Crippen LogP contribution in [0.2, 0.25) is 5.15 Å². The number of hydrogen-bond donors (Lipinski definition) is 0. The van der Waals surface area contributed by atoms with Gasteiger partial charge in [0.15, 0.2) is 10.8 Å². The molecule has 0 aromatic carbocycles. The van der Waals surface area contributed by atoms with Gasteiger partial charge in [-0.25, -0.2) is 15.0 Å². The van der Waals surface area contributed by atoms with Crippen molar-refractivity contribution in [2.75, 3.05) is 0 Å². The number of aryl methyl sites for hydroxylation is 1. The highest BCUT2D eigenvalue weighted by Crippen LogP contribution is 2.22. The molecule has 0 bridgehead atoms. The van der Waals surface area contributed by atoms with Gasteiger partial charge in [0.2, 0.25) is 0 Å². The van der Waals surface area contributed by atoms with Gasteiger partial charge >= 0.3 is 0 Å². The van der Waals surface area contributed by atoms with Crippen LogP contribution in [0.3, 0.4) is 0 Å². The SMILES string of the molecule is CCn1cnc2nc(C(C)C)nc(Cl)c21. The van der Waals surface area contributed by atoms with E-state index in [4.69, 9.17) is 11.6 Å². The number of aromatic nitrogens is 4. The molecular weight excluding hydrogens is 212 g/mol. The Morgan fingerprint density at radius 3 is 2.73 bits per heavy atom. The lowest BCUT2D eigenvalue weighted by atomic mass is 10.2. The van der Waals surface area contributed by atoms with Crippen molar-refractivity contribution in [3.8, 4) is 0 Å².